The Labute approximate surface area is 101 Å². The Bertz CT molecular complexity index is 221. The number of rotatable bonds is 6. The molecule has 1 N–H and O–H groups in total. The summed E-state index contributed by atoms with van der Waals surface area (Å²) in [6.45, 7) is 14.4. The summed E-state index contributed by atoms with van der Waals surface area (Å²) < 4.78 is 5.77. The van der Waals surface area contributed by atoms with Crippen molar-refractivity contribution in [2.45, 2.75) is 78.5 Å². The summed E-state index contributed by atoms with van der Waals surface area (Å²) in [7, 11) is 0. The van der Waals surface area contributed by atoms with Crippen LogP contribution in [0.4, 0.5) is 0 Å². The van der Waals surface area contributed by atoms with Crippen molar-refractivity contribution in [3.05, 3.63) is 0 Å². The Morgan fingerprint density at radius 3 is 2.19 bits per heavy atom. The zero-order chi connectivity index (χ0) is 12.4. The van der Waals surface area contributed by atoms with Gasteiger partial charge in [-0.05, 0) is 33.1 Å². The summed E-state index contributed by atoms with van der Waals surface area (Å²) in [5.74, 6) is 0. The maximum absolute atomic E-state index is 5.77. The number of ether oxygens (including phenoxy) is 1. The van der Waals surface area contributed by atoms with Crippen LogP contribution in [-0.4, -0.2) is 24.3 Å². The molecule has 0 radical (unpaired) electrons. The van der Waals surface area contributed by atoms with E-state index >= 15 is 0 Å². The van der Waals surface area contributed by atoms with Crippen LogP contribution in [0, 0.1) is 5.41 Å². The molecule has 1 saturated carbocycles. The summed E-state index contributed by atoms with van der Waals surface area (Å²) in [5.41, 5.74) is 0.570. The fourth-order valence-corrected chi connectivity index (χ4v) is 2.49. The van der Waals surface area contributed by atoms with E-state index in [0.29, 0.717) is 17.7 Å². The molecule has 0 aliphatic heterocycles. The molecule has 1 fully saturated rings. The maximum Gasteiger partial charge on any atom is 0.0655 e. The van der Waals surface area contributed by atoms with Crippen LogP contribution in [-0.2, 0) is 4.74 Å². The molecule has 0 aromatic heterocycles. The van der Waals surface area contributed by atoms with Gasteiger partial charge in [0.05, 0.1) is 6.10 Å². The molecule has 16 heavy (non-hydrogen) atoms. The van der Waals surface area contributed by atoms with E-state index in [0.717, 1.165) is 13.0 Å². The molecule has 2 unspecified atom stereocenters. The van der Waals surface area contributed by atoms with Crippen molar-refractivity contribution in [1.29, 1.82) is 0 Å². The topological polar surface area (TPSA) is 21.3 Å². The molecule has 0 amide bonds. The third-order valence-electron chi connectivity index (χ3n) is 4.63. The standard InChI is InChI=1S/C14H29NO/c1-7-14(6,8-2)15-11-10-12(16-9-3)13(11,4)5/h11-12,15H,7-10H2,1-6H3. The normalized spacial score (nSPS) is 28.9. The van der Waals surface area contributed by atoms with Gasteiger partial charge < -0.3 is 10.1 Å². The van der Waals surface area contributed by atoms with E-state index in [9.17, 15) is 0 Å². The zero-order valence-corrected chi connectivity index (χ0v) is 11.9. The molecule has 2 heteroatoms. The van der Waals surface area contributed by atoms with Gasteiger partial charge in [0, 0.05) is 23.6 Å². The third kappa shape index (κ3) is 2.60. The number of hydrogen-bond donors (Lipinski definition) is 1. The lowest BCUT2D eigenvalue weighted by Crippen LogP contribution is -2.65. The molecule has 1 rings (SSSR count). The molecule has 2 nitrogen and oxygen atoms in total. The lowest BCUT2D eigenvalue weighted by atomic mass is 9.63. The molecule has 0 aromatic rings. The van der Waals surface area contributed by atoms with E-state index in [4.69, 9.17) is 4.74 Å². The van der Waals surface area contributed by atoms with Gasteiger partial charge in [-0.3, -0.25) is 0 Å². The predicted octanol–water partition coefficient (Wildman–Crippen LogP) is 3.36. The van der Waals surface area contributed by atoms with Crippen LogP contribution < -0.4 is 5.32 Å². The monoisotopic (exact) mass is 227 g/mol. The van der Waals surface area contributed by atoms with E-state index in [2.05, 4.69) is 46.9 Å². The summed E-state index contributed by atoms with van der Waals surface area (Å²) in [6, 6.07) is 0.606. The molecule has 0 heterocycles. The minimum atomic E-state index is 0.279. The average Bonchev–Trinajstić information content (AvgIpc) is 2.27. The van der Waals surface area contributed by atoms with Crippen molar-refractivity contribution in [3.8, 4) is 0 Å². The molecule has 1 aliphatic carbocycles. The van der Waals surface area contributed by atoms with E-state index in [1.807, 2.05) is 0 Å². The molecular formula is C14H29NO. The second-order valence-electron chi connectivity index (χ2n) is 5.97. The molecule has 0 saturated heterocycles. The van der Waals surface area contributed by atoms with Crippen LogP contribution in [0.15, 0.2) is 0 Å². The quantitative estimate of drug-likeness (QED) is 0.751. The zero-order valence-electron chi connectivity index (χ0n) is 11.9. The lowest BCUT2D eigenvalue weighted by Gasteiger charge is -2.54. The predicted molar refractivity (Wildman–Crippen MR) is 69.7 cm³/mol. The molecule has 0 aromatic carbocycles. The van der Waals surface area contributed by atoms with Gasteiger partial charge in [-0.25, -0.2) is 0 Å². The fourth-order valence-electron chi connectivity index (χ4n) is 2.49. The first-order valence-electron chi connectivity index (χ1n) is 6.79. The Hall–Kier alpha value is -0.0800. The minimum absolute atomic E-state index is 0.279. The van der Waals surface area contributed by atoms with Crippen molar-refractivity contribution >= 4 is 0 Å². The first-order valence-corrected chi connectivity index (χ1v) is 6.79. The summed E-state index contributed by atoms with van der Waals surface area (Å²) >= 11 is 0. The molecule has 2 atom stereocenters. The van der Waals surface area contributed by atoms with Crippen LogP contribution in [0.25, 0.3) is 0 Å². The van der Waals surface area contributed by atoms with E-state index in [1.165, 1.54) is 12.8 Å². The van der Waals surface area contributed by atoms with Crippen LogP contribution in [0.3, 0.4) is 0 Å². The van der Waals surface area contributed by atoms with Crippen molar-refractivity contribution in [2.75, 3.05) is 6.61 Å². The van der Waals surface area contributed by atoms with Crippen molar-refractivity contribution in [1.82, 2.24) is 5.32 Å². The van der Waals surface area contributed by atoms with Crippen LogP contribution in [0.5, 0.6) is 0 Å². The summed E-state index contributed by atoms with van der Waals surface area (Å²) in [4.78, 5) is 0. The van der Waals surface area contributed by atoms with Gasteiger partial charge in [0.1, 0.15) is 0 Å². The van der Waals surface area contributed by atoms with Crippen LogP contribution in [0.2, 0.25) is 0 Å². The lowest BCUT2D eigenvalue weighted by molar-refractivity contribution is -0.120. The van der Waals surface area contributed by atoms with E-state index < -0.39 is 0 Å². The fraction of sp³-hybridized carbons (Fsp3) is 1.00. The average molecular weight is 227 g/mol. The third-order valence-corrected chi connectivity index (χ3v) is 4.63. The highest BCUT2D eigenvalue weighted by Gasteiger charge is 2.50. The molecular weight excluding hydrogens is 198 g/mol. The van der Waals surface area contributed by atoms with Crippen LogP contribution >= 0.6 is 0 Å². The SMILES string of the molecule is CCOC1CC(NC(C)(CC)CC)C1(C)C. The Balaban J connectivity index is 2.53. The van der Waals surface area contributed by atoms with Crippen molar-refractivity contribution in [3.63, 3.8) is 0 Å². The van der Waals surface area contributed by atoms with Gasteiger partial charge in [-0.2, -0.15) is 0 Å². The van der Waals surface area contributed by atoms with E-state index in [1.54, 1.807) is 0 Å². The maximum atomic E-state index is 5.77. The first-order chi connectivity index (χ1) is 7.39. The van der Waals surface area contributed by atoms with Gasteiger partial charge in [0.2, 0.25) is 0 Å². The summed E-state index contributed by atoms with van der Waals surface area (Å²) in [6.07, 6.45) is 3.98. The van der Waals surface area contributed by atoms with E-state index in [-0.39, 0.29) is 5.41 Å². The molecule has 1 aliphatic rings. The molecule has 0 spiro atoms. The van der Waals surface area contributed by atoms with Gasteiger partial charge >= 0.3 is 0 Å². The number of hydrogen-bond acceptors (Lipinski definition) is 2. The minimum Gasteiger partial charge on any atom is -0.378 e. The Morgan fingerprint density at radius 2 is 1.81 bits per heavy atom. The smallest absolute Gasteiger partial charge is 0.0655 e. The Kier molecular flexibility index (Phi) is 4.42. The highest BCUT2D eigenvalue weighted by molar-refractivity contribution is 5.05. The molecule has 0 bridgehead atoms. The largest absolute Gasteiger partial charge is 0.378 e. The molecule has 96 valence electrons. The van der Waals surface area contributed by atoms with Crippen molar-refractivity contribution < 1.29 is 4.74 Å². The second-order valence-corrected chi connectivity index (χ2v) is 5.97. The Morgan fingerprint density at radius 1 is 1.25 bits per heavy atom. The van der Waals surface area contributed by atoms with Gasteiger partial charge in [0.15, 0.2) is 0 Å². The number of nitrogens with one attached hydrogen (secondary N) is 1. The van der Waals surface area contributed by atoms with Gasteiger partial charge in [-0.15, -0.1) is 0 Å². The first kappa shape index (κ1) is 14.0. The van der Waals surface area contributed by atoms with Crippen molar-refractivity contribution in [2.24, 2.45) is 5.41 Å². The highest BCUT2D eigenvalue weighted by Crippen LogP contribution is 2.43. The highest BCUT2D eigenvalue weighted by atomic mass is 16.5. The van der Waals surface area contributed by atoms with Gasteiger partial charge in [0.25, 0.3) is 0 Å². The van der Waals surface area contributed by atoms with Gasteiger partial charge in [-0.1, -0.05) is 27.7 Å². The van der Waals surface area contributed by atoms with Crippen LogP contribution in [0.1, 0.15) is 60.8 Å². The second kappa shape index (κ2) is 5.05. The summed E-state index contributed by atoms with van der Waals surface area (Å²) in [5, 5.41) is 3.83.